The van der Waals surface area contributed by atoms with E-state index in [1.165, 1.54) is 12.1 Å². The summed E-state index contributed by atoms with van der Waals surface area (Å²) in [5.74, 6) is 0.198. The monoisotopic (exact) mass is 289 g/mol. The summed E-state index contributed by atoms with van der Waals surface area (Å²) in [6.07, 6.45) is 4.77. The van der Waals surface area contributed by atoms with Crippen molar-refractivity contribution < 1.29 is 9.18 Å². The number of aromatic amines is 1. The Hall–Kier alpha value is -2.44. The van der Waals surface area contributed by atoms with Gasteiger partial charge in [-0.05, 0) is 31.0 Å². The zero-order valence-corrected chi connectivity index (χ0v) is 11.4. The fourth-order valence-corrected chi connectivity index (χ4v) is 2.55. The van der Waals surface area contributed by atoms with Crippen molar-refractivity contribution in [3.63, 3.8) is 0 Å². The number of amides is 2. The fourth-order valence-electron chi connectivity index (χ4n) is 2.55. The molecule has 21 heavy (non-hydrogen) atoms. The third-order valence-electron chi connectivity index (χ3n) is 3.63. The van der Waals surface area contributed by atoms with Crippen molar-refractivity contribution >= 4 is 11.8 Å². The van der Waals surface area contributed by atoms with E-state index < -0.39 is 5.82 Å². The molecule has 110 valence electrons. The third kappa shape index (κ3) is 3.18. The molecule has 2 aromatic heterocycles. The summed E-state index contributed by atoms with van der Waals surface area (Å²) in [5, 5.41) is 9.60. The van der Waals surface area contributed by atoms with Gasteiger partial charge >= 0.3 is 6.03 Å². The van der Waals surface area contributed by atoms with Gasteiger partial charge in [0.2, 0.25) is 0 Å². The summed E-state index contributed by atoms with van der Waals surface area (Å²) in [6, 6.07) is 4.45. The van der Waals surface area contributed by atoms with E-state index in [0.29, 0.717) is 18.9 Å². The maximum absolute atomic E-state index is 12.8. The number of anilines is 1. The topological polar surface area (TPSA) is 73.9 Å². The number of piperidine rings is 1. The molecule has 1 aliphatic rings. The Labute approximate surface area is 121 Å². The lowest BCUT2D eigenvalue weighted by Crippen LogP contribution is -2.41. The minimum atomic E-state index is -0.426. The molecule has 0 aliphatic carbocycles. The molecule has 1 saturated heterocycles. The molecule has 2 aromatic rings. The summed E-state index contributed by atoms with van der Waals surface area (Å²) < 4.78 is 12.8. The average molecular weight is 289 g/mol. The van der Waals surface area contributed by atoms with Crippen LogP contribution >= 0.6 is 0 Å². The number of nitrogens with zero attached hydrogens (tertiary/aromatic N) is 3. The smallest absolute Gasteiger partial charge is 0.323 e. The van der Waals surface area contributed by atoms with Gasteiger partial charge < -0.3 is 4.90 Å². The lowest BCUT2D eigenvalue weighted by Gasteiger charge is -2.32. The summed E-state index contributed by atoms with van der Waals surface area (Å²) >= 11 is 0. The van der Waals surface area contributed by atoms with Gasteiger partial charge in [0.15, 0.2) is 0 Å². The standard InChI is InChI=1S/C14H16FN5O/c15-11-3-4-13(16-8-11)18-14(21)20-7-1-2-10(9-20)12-5-6-17-19-12/h3-6,8,10H,1-2,7,9H2,(H,17,19)(H,16,18,21)/t10-/m0/s1. The number of nitrogens with one attached hydrogen (secondary N) is 2. The number of urea groups is 1. The Morgan fingerprint density at radius 1 is 1.43 bits per heavy atom. The van der Waals surface area contributed by atoms with Crippen LogP contribution in [0.15, 0.2) is 30.6 Å². The Balaban J connectivity index is 1.63. The van der Waals surface area contributed by atoms with E-state index in [-0.39, 0.29) is 11.9 Å². The summed E-state index contributed by atoms with van der Waals surface area (Å²) in [6.45, 7) is 1.34. The fraction of sp³-hybridized carbons (Fsp3) is 0.357. The second-order valence-electron chi connectivity index (χ2n) is 5.09. The van der Waals surface area contributed by atoms with Crippen molar-refractivity contribution in [2.24, 2.45) is 0 Å². The molecule has 1 aliphatic heterocycles. The Morgan fingerprint density at radius 3 is 3.05 bits per heavy atom. The summed E-state index contributed by atoms with van der Waals surface area (Å²) in [7, 11) is 0. The van der Waals surface area contributed by atoms with Crippen molar-refractivity contribution in [2.45, 2.75) is 18.8 Å². The molecule has 1 fully saturated rings. The first kappa shape index (κ1) is 13.5. The highest BCUT2D eigenvalue weighted by atomic mass is 19.1. The van der Waals surface area contributed by atoms with Gasteiger partial charge in [0.1, 0.15) is 11.6 Å². The number of carbonyl (C=O) groups excluding carboxylic acids is 1. The second kappa shape index (κ2) is 5.90. The van der Waals surface area contributed by atoms with E-state index in [0.717, 1.165) is 24.7 Å². The molecule has 0 spiro atoms. The van der Waals surface area contributed by atoms with E-state index >= 15 is 0 Å². The number of halogens is 1. The van der Waals surface area contributed by atoms with Crippen molar-refractivity contribution in [1.29, 1.82) is 0 Å². The van der Waals surface area contributed by atoms with E-state index in [9.17, 15) is 9.18 Å². The molecule has 0 saturated carbocycles. The Kier molecular flexibility index (Phi) is 3.81. The molecule has 2 N–H and O–H groups in total. The molecule has 7 heteroatoms. The van der Waals surface area contributed by atoms with Crippen LogP contribution in [-0.4, -0.2) is 39.2 Å². The van der Waals surface area contributed by atoms with Gasteiger partial charge in [-0.25, -0.2) is 14.2 Å². The maximum atomic E-state index is 12.8. The number of likely N-dealkylation sites (tertiary alicyclic amines) is 1. The number of hydrogen-bond acceptors (Lipinski definition) is 3. The molecule has 0 radical (unpaired) electrons. The highest BCUT2D eigenvalue weighted by molar-refractivity contribution is 5.88. The summed E-state index contributed by atoms with van der Waals surface area (Å²) in [4.78, 5) is 17.8. The highest BCUT2D eigenvalue weighted by Gasteiger charge is 2.25. The number of pyridine rings is 1. The van der Waals surface area contributed by atoms with Gasteiger partial charge in [-0.15, -0.1) is 0 Å². The molecular weight excluding hydrogens is 273 g/mol. The third-order valence-corrected chi connectivity index (χ3v) is 3.63. The molecule has 6 nitrogen and oxygen atoms in total. The highest BCUT2D eigenvalue weighted by Crippen LogP contribution is 2.25. The van der Waals surface area contributed by atoms with Crippen LogP contribution in [0.4, 0.5) is 15.0 Å². The quantitative estimate of drug-likeness (QED) is 0.891. The molecule has 0 aromatic carbocycles. The van der Waals surface area contributed by atoms with Crippen LogP contribution in [-0.2, 0) is 0 Å². The molecular formula is C14H16FN5O. The predicted molar refractivity (Wildman–Crippen MR) is 75.3 cm³/mol. The number of H-pyrrole nitrogens is 1. The largest absolute Gasteiger partial charge is 0.324 e. The van der Waals surface area contributed by atoms with Gasteiger partial charge in [-0.1, -0.05) is 0 Å². The molecule has 1 atom stereocenters. The Morgan fingerprint density at radius 2 is 2.33 bits per heavy atom. The van der Waals surface area contributed by atoms with E-state index in [1.807, 2.05) is 6.07 Å². The Bertz CT molecular complexity index is 598. The van der Waals surface area contributed by atoms with Crippen LogP contribution < -0.4 is 5.32 Å². The van der Waals surface area contributed by atoms with Crippen molar-refractivity contribution in [1.82, 2.24) is 20.1 Å². The van der Waals surface area contributed by atoms with Crippen molar-refractivity contribution in [2.75, 3.05) is 18.4 Å². The normalized spacial score (nSPS) is 18.5. The van der Waals surface area contributed by atoms with Crippen molar-refractivity contribution in [3.05, 3.63) is 42.1 Å². The van der Waals surface area contributed by atoms with Gasteiger partial charge in [0.25, 0.3) is 0 Å². The lowest BCUT2D eigenvalue weighted by atomic mass is 9.95. The van der Waals surface area contributed by atoms with Crippen LogP contribution in [0.25, 0.3) is 0 Å². The van der Waals surface area contributed by atoms with E-state index in [1.54, 1.807) is 11.1 Å². The zero-order chi connectivity index (χ0) is 14.7. The first-order valence-electron chi connectivity index (χ1n) is 6.89. The van der Waals surface area contributed by atoms with Gasteiger partial charge in [0, 0.05) is 30.9 Å². The van der Waals surface area contributed by atoms with Crippen LogP contribution in [0.3, 0.4) is 0 Å². The van der Waals surface area contributed by atoms with Crippen molar-refractivity contribution in [3.8, 4) is 0 Å². The summed E-state index contributed by atoms with van der Waals surface area (Å²) in [5.41, 5.74) is 1.05. The molecule has 0 bridgehead atoms. The van der Waals surface area contributed by atoms with Crippen LogP contribution in [0.5, 0.6) is 0 Å². The van der Waals surface area contributed by atoms with Gasteiger partial charge in [-0.3, -0.25) is 10.4 Å². The first-order chi connectivity index (χ1) is 10.2. The maximum Gasteiger partial charge on any atom is 0.323 e. The minimum Gasteiger partial charge on any atom is -0.324 e. The number of hydrogen-bond donors (Lipinski definition) is 2. The predicted octanol–water partition coefficient (Wildman–Crippen LogP) is 2.36. The second-order valence-corrected chi connectivity index (χ2v) is 5.09. The molecule has 2 amide bonds. The van der Waals surface area contributed by atoms with E-state index in [2.05, 4.69) is 20.5 Å². The number of aromatic nitrogens is 3. The number of carbonyl (C=O) groups is 1. The zero-order valence-electron chi connectivity index (χ0n) is 11.4. The minimum absolute atomic E-state index is 0.210. The van der Waals surface area contributed by atoms with Gasteiger partial charge in [-0.2, -0.15) is 5.10 Å². The van der Waals surface area contributed by atoms with Crippen LogP contribution in [0.2, 0.25) is 0 Å². The SMILES string of the molecule is O=C(Nc1ccc(F)cn1)N1CCC[C@H](c2ccn[nH]2)C1. The van der Waals surface area contributed by atoms with Crippen LogP contribution in [0, 0.1) is 5.82 Å². The van der Waals surface area contributed by atoms with Crippen LogP contribution in [0.1, 0.15) is 24.5 Å². The first-order valence-corrected chi connectivity index (χ1v) is 6.89. The average Bonchev–Trinajstić information content (AvgIpc) is 3.04. The lowest BCUT2D eigenvalue weighted by molar-refractivity contribution is 0.192. The molecule has 3 heterocycles. The number of rotatable bonds is 2. The molecule has 3 rings (SSSR count). The van der Waals surface area contributed by atoms with Gasteiger partial charge in [0.05, 0.1) is 6.20 Å². The molecule has 0 unspecified atom stereocenters. The van der Waals surface area contributed by atoms with E-state index in [4.69, 9.17) is 0 Å².